The van der Waals surface area contributed by atoms with Gasteiger partial charge in [0.1, 0.15) is 24.4 Å². The number of fused-ring (bicyclic) bond motifs is 4. The second kappa shape index (κ2) is 3.82. The Hall–Kier alpha value is -2.20. The zero-order valence-electron chi connectivity index (χ0n) is 12.2. The van der Waals surface area contributed by atoms with E-state index >= 15 is 0 Å². The molecule has 0 bridgehead atoms. The number of hydrogen-bond acceptors (Lipinski definition) is 3. The van der Waals surface area contributed by atoms with Crippen LogP contribution >= 0.6 is 0 Å². The number of hydrogen-bond donors (Lipinski definition) is 2. The Bertz CT molecular complexity index is 1080. The second-order valence-electron chi connectivity index (χ2n) is 6.69. The zero-order chi connectivity index (χ0) is 15.3. The van der Waals surface area contributed by atoms with E-state index in [0.717, 1.165) is 21.9 Å². The Morgan fingerprint density at radius 1 is 0.826 bits per heavy atom. The van der Waals surface area contributed by atoms with Crippen LogP contribution in [-0.2, 0) is 4.74 Å². The lowest BCUT2D eigenvalue weighted by atomic mass is 9.81. The van der Waals surface area contributed by atoms with Gasteiger partial charge in [0.2, 0.25) is 0 Å². The fraction of sp³-hybridized carbons (Fsp3) is 0.200. The monoisotopic (exact) mass is 302 g/mol. The molecule has 2 aliphatic rings. The van der Waals surface area contributed by atoms with Gasteiger partial charge in [-0.2, -0.15) is 0 Å². The lowest BCUT2D eigenvalue weighted by Gasteiger charge is -2.25. The molecule has 4 aromatic carbocycles. The molecule has 1 aliphatic carbocycles. The van der Waals surface area contributed by atoms with Gasteiger partial charge in [-0.05, 0) is 49.5 Å². The molecular formula is C20H14O3. The number of aliphatic hydroxyl groups excluding tert-OH is 2. The number of epoxide rings is 1. The van der Waals surface area contributed by atoms with Gasteiger partial charge in [-0.1, -0.05) is 42.5 Å². The predicted octanol–water partition coefficient (Wildman–Crippen LogP) is 3.43. The van der Waals surface area contributed by atoms with Crippen LogP contribution in [0.3, 0.4) is 0 Å². The van der Waals surface area contributed by atoms with E-state index in [2.05, 4.69) is 42.5 Å². The topological polar surface area (TPSA) is 53.0 Å². The highest BCUT2D eigenvalue weighted by molar-refractivity contribution is 6.23. The average Bonchev–Trinajstić information content (AvgIpc) is 3.37. The van der Waals surface area contributed by atoms with Crippen LogP contribution in [0.25, 0.3) is 32.3 Å². The first-order chi connectivity index (χ1) is 11.2. The first-order valence-corrected chi connectivity index (χ1v) is 7.96. The number of ether oxygens (including phenoxy) is 1. The molecule has 2 N–H and O–H groups in total. The van der Waals surface area contributed by atoms with Gasteiger partial charge in [0.15, 0.2) is 0 Å². The molecule has 4 atom stereocenters. The molecule has 1 aliphatic heterocycles. The molecule has 6 rings (SSSR count). The van der Waals surface area contributed by atoms with Crippen molar-refractivity contribution in [3.05, 3.63) is 59.7 Å². The molecule has 1 saturated heterocycles. The molecule has 1 heterocycles. The van der Waals surface area contributed by atoms with E-state index in [0.29, 0.717) is 0 Å². The highest BCUT2D eigenvalue weighted by atomic mass is 16.6. The van der Waals surface area contributed by atoms with E-state index < -0.39 is 12.2 Å². The summed E-state index contributed by atoms with van der Waals surface area (Å²) < 4.78 is 5.67. The molecule has 0 saturated carbocycles. The van der Waals surface area contributed by atoms with Gasteiger partial charge in [-0.3, -0.25) is 0 Å². The maximum Gasteiger partial charge on any atom is 0.118 e. The Morgan fingerprint density at radius 3 is 2.39 bits per heavy atom. The van der Waals surface area contributed by atoms with Gasteiger partial charge in [0.25, 0.3) is 0 Å². The van der Waals surface area contributed by atoms with Gasteiger partial charge in [0.05, 0.1) is 0 Å². The maximum absolute atomic E-state index is 10.5. The third-order valence-electron chi connectivity index (χ3n) is 5.51. The Kier molecular flexibility index (Phi) is 2.03. The summed E-state index contributed by atoms with van der Waals surface area (Å²) in [6.45, 7) is 0. The van der Waals surface area contributed by atoms with Crippen LogP contribution in [0.5, 0.6) is 0 Å². The van der Waals surface area contributed by atoms with Crippen LogP contribution in [0.4, 0.5) is 0 Å². The SMILES string of the molecule is O[C@H]1[C@H]2O[C@H]2c2c(cc3ccc4cccc5ccc2c3c45)[C@H]1O. The third kappa shape index (κ3) is 1.36. The molecule has 3 nitrogen and oxygen atoms in total. The molecule has 23 heavy (non-hydrogen) atoms. The lowest BCUT2D eigenvalue weighted by molar-refractivity contribution is 0.000163. The van der Waals surface area contributed by atoms with Gasteiger partial charge in [-0.25, -0.2) is 0 Å². The average molecular weight is 302 g/mol. The normalized spacial score (nSPS) is 29.1. The summed E-state index contributed by atoms with van der Waals surface area (Å²) in [5.41, 5.74) is 1.86. The summed E-state index contributed by atoms with van der Waals surface area (Å²) in [5.74, 6) is 0. The molecule has 0 aromatic heterocycles. The smallest absolute Gasteiger partial charge is 0.118 e. The van der Waals surface area contributed by atoms with Crippen molar-refractivity contribution < 1.29 is 14.9 Å². The molecule has 4 aromatic rings. The highest BCUT2D eigenvalue weighted by Gasteiger charge is 2.54. The van der Waals surface area contributed by atoms with Crippen molar-refractivity contribution in [2.75, 3.05) is 0 Å². The molecule has 112 valence electrons. The fourth-order valence-corrected chi connectivity index (χ4v) is 4.40. The number of rotatable bonds is 0. The minimum absolute atomic E-state index is 0.0898. The van der Waals surface area contributed by atoms with Crippen molar-refractivity contribution >= 4 is 32.3 Å². The largest absolute Gasteiger partial charge is 0.387 e. The van der Waals surface area contributed by atoms with E-state index in [1.54, 1.807) is 0 Å². The minimum Gasteiger partial charge on any atom is -0.387 e. The van der Waals surface area contributed by atoms with Crippen LogP contribution in [0.2, 0.25) is 0 Å². The molecule has 1 fully saturated rings. The van der Waals surface area contributed by atoms with Crippen molar-refractivity contribution in [3.63, 3.8) is 0 Å². The minimum atomic E-state index is -0.879. The molecule has 0 spiro atoms. The Balaban J connectivity index is 1.86. The molecular weight excluding hydrogens is 288 g/mol. The van der Waals surface area contributed by atoms with Crippen LogP contribution < -0.4 is 0 Å². The maximum atomic E-state index is 10.5. The Labute approximate surface area is 132 Å². The summed E-state index contributed by atoms with van der Waals surface area (Å²) in [4.78, 5) is 0. The highest BCUT2D eigenvalue weighted by Crippen LogP contribution is 2.54. The summed E-state index contributed by atoms with van der Waals surface area (Å²) in [5, 5.41) is 27.8. The van der Waals surface area contributed by atoms with Crippen molar-refractivity contribution in [1.82, 2.24) is 0 Å². The van der Waals surface area contributed by atoms with Gasteiger partial charge < -0.3 is 14.9 Å². The van der Waals surface area contributed by atoms with Gasteiger partial charge >= 0.3 is 0 Å². The van der Waals surface area contributed by atoms with E-state index in [1.807, 2.05) is 6.07 Å². The zero-order valence-corrected chi connectivity index (χ0v) is 12.2. The first-order valence-electron chi connectivity index (χ1n) is 7.96. The number of benzene rings is 4. The molecule has 0 radical (unpaired) electrons. The van der Waals surface area contributed by atoms with Crippen molar-refractivity contribution in [1.29, 1.82) is 0 Å². The second-order valence-corrected chi connectivity index (χ2v) is 6.69. The van der Waals surface area contributed by atoms with Crippen LogP contribution in [0, 0.1) is 0 Å². The first kappa shape index (κ1) is 12.3. The summed E-state index contributed by atoms with van der Waals surface area (Å²) in [6.07, 6.45) is -2.07. The number of aliphatic hydroxyl groups is 2. The molecule has 0 amide bonds. The fourth-order valence-electron chi connectivity index (χ4n) is 4.40. The van der Waals surface area contributed by atoms with Crippen molar-refractivity contribution in [2.24, 2.45) is 0 Å². The van der Waals surface area contributed by atoms with E-state index in [9.17, 15) is 10.2 Å². The third-order valence-corrected chi connectivity index (χ3v) is 5.51. The van der Waals surface area contributed by atoms with Crippen molar-refractivity contribution in [3.8, 4) is 0 Å². The quantitative estimate of drug-likeness (QED) is 0.386. The van der Waals surface area contributed by atoms with Crippen LogP contribution in [-0.4, -0.2) is 22.4 Å². The molecule has 0 unspecified atom stereocenters. The lowest BCUT2D eigenvalue weighted by Crippen LogP contribution is -2.29. The van der Waals surface area contributed by atoms with Crippen molar-refractivity contribution in [2.45, 2.75) is 24.4 Å². The summed E-state index contributed by atoms with van der Waals surface area (Å²) in [6, 6.07) is 16.9. The van der Waals surface area contributed by atoms with E-state index in [4.69, 9.17) is 4.74 Å². The van der Waals surface area contributed by atoms with Gasteiger partial charge in [0, 0.05) is 0 Å². The summed E-state index contributed by atoms with van der Waals surface area (Å²) in [7, 11) is 0. The van der Waals surface area contributed by atoms with Crippen LogP contribution in [0.15, 0.2) is 48.5 Å². The Morgan fingerprint density at radius 2 is 1.57 bits per heavy atom. The predicted molar refractivity (Wildman–Crippen MR) is 88.7 cm³/mol. The van der Waals surface area contributed by atoms with Crippen LogP contribution in [0.1, 0.15) is 23.3 Å². The summed E-state index contributed by atoms with van der Waals surface area (Å²) >= 11 is 0. The van der Waals surface area contributed by atoms with Gasteiger partial charge in [-0.15, -0.1) is 0 Å². The standard InChI is InChI=1S/C20H14O3/c21-17-13-8-11-5-4-9-2-1-3-10-6-7-12(15(11)14(9)10)16(13)19-20(23-19)18(17)22/h1-8,17-22H/t17-,18-,19+,20-/m1/s1. The van der Waals surface area contributed by atoms with E-state index in [-0.39, 0.29) is 12.2 Å². The van der Waals surface area contributed by atoms with E-state index in [1.165, 1.54) is 21.5 Å². The molecule has 3 heteroatoms.